The van der Waals surface area contributed by atoms with Crippen LogP contribution in [0.25, 0.3) is 0 Å². The zero-order chi connectivity index (χ0) is 23.8. The van der Waals surface area contributed by atoms with E-state index >= 15 is 4.39 Å². The third-order valence-corrected chi connectivity index (χ3v) is 5.93. The lowest BCUT2D eigenvalue weighted by atomic mass is 10.00. The lowest BCUT2D eigenvalue weighted by molar-refractivity contribution is -0.137. The zero-order valence-electron chi connectivity index (χ0n) is 18.0. The van der Waals surface area contributed by atoms with Crippen molar-refractivity contribution in [3.63, 3.8) is 0 Å². The fourth-order valence-electron chi connectivity index (χ4n) is 3.93. The Labute approximate surface area is 188 Å². The molecule has 7 nitrogen and oxygen atoms in total. The van der Waals surface area contributed by atoms with E-state index in [1.54, 1.807) is 27.9 Å². The Hall–Kier alpha value is -3.24. The third kappa shape index (κ3) is 4.91. The van der Waals surface area contributed by atoms with E-state index in [4.69, 9.17) is 0 Å². The topological polar surface area (TPSA) is 65.5 Å². The molecule has 2 fully saturated rings. The largest absolute Gasteiger partial charge is 0.417 e. The predicted molar refractivity (Wildman–Crippen MR) is 115 cm³/mol. The molecule has 1 saturated heterocycles. The van der Waals surface area contributed by atoms with E-state index in [-0.39, 0.29) is 30.0 Å². The maximum atomic E-state index is 15.3. The SMILES string of the molecule is C=CN(C)c1cnc(C(=O)N(C2CC2)[C@@H]2CCN(c3ccc(C(F)(F)F)cn3)C[C@@H]2F)cn1. The number of rotatable bonds is 6. The Morgan fingerprint density at radius 3 is 2.42 bits per heavy atom. The number of amides is 1. The number of halogens is 4. The van der Waals surface area contributed by atoms with Crippen molar-refractivity contribution >= 4 is 17.5 Å². The van der Waals surface area contributed by atoms with Crippen molar-refractivity contribution in [2.24, 2.45) is 0 Å². The second-order valence-electron chi connectivity index (χ2n) is 8.22. The number of hydrogen-bond donors (Lipinski definition) is 0. The molecule has 176 valence electrons. The first-order valence-corrected chi connectivity index (χ1v) is 10.6. The summed E-state index contributed by atoms with van der Waals surface area (Å²) in [5.74, 6) is 0.438. The maximum absolute atomic E-state index is 15.3. The Kier molecular flexibility index (Phi) is 6.22. The molecular weight excluding hydrogens is 440 g/mol. The second kappa shape index (κ2) is 8.95. The van der Waals surface area contributed by atoms with Gasteiger partial charge in [-0.2, -0.15) is 13.2 Å². The molecule has 0 radical (unpaired) electrons. The number of nitrogens with zero attached hydrogens (tertiary/aromatic N) is 6. The molecule has 2 atom stereocenters. The van der Waals surface area contributed by atoms with Gasteiger partial charge in [-0.15, -0.1) is 0 Å². The molecule has 2 aromatic heterocycles. The van der Waals surface area contributed by atoms with Crippen molar-refractivity contribution < 1.29 is 22.4 Å². The van der Waals surface area contributed by atoms with Crippen molar-refractivity contribution in [3.8, 4) is 0 Å². The van der Waals surface area contributed by atoms with Gasteiger partial charge in [0.25, 0.3) is 5.91 Å². The van der Waals surface area contributed by atoms with Crippen LogP contribution in [0, 0.1) is 0 Å². The van der Waals surface area contributed by atoms with E-state index in [0.29, 0.717) is 18.8 Å². The summed E-state index contributed by atoms with van der Waals surface area (Å²) < 4.78 is 53.6. The van der Waals surface area contributed by atoms with Gasteiger partial charge in [0.2, 0.25) is 0 Å². The molecule has 0 aromatic carbocycles. The van der Waals surface area contributed by atoms with Gasteiger partial charge in [-0.25, -0.2) is 19.3 Å². The predicted octanol–water partition coefficient (Wildman–Crippen LogP) is 3.69. The summed E-state index contributed by atoms with van der Waals surface area (Å²) in [5.41, 5.74) is -0.711. The molecule has 1 aliphatic heterocycles. The molecule has 0 N–H and O–H groups in total. The number of piperidine rings is 1. The van der Waals surface area contributed by atoms with Crippen molar-refractivity contribution in [1.82, 2.24) is 19.9 Å². The Balaban J connectivity index is 1.46. The average molecular weight is 464 g/mol. The van der Waals surface area contributed by atoms with Crippen molar-refractivity contribution in [3.05, 3.63) is 54.8 Å². The number of carbonyl (C=O) groups excluding carboxylic acids is 1. The van der Waals surface area contributed by atoms with Gasteiger partial charge >= 0.3 is 6.18 Å². The smallest absolute Gasteiger partial charge is 0.354 e. The van der Waals surface area contributed by atoms with Gasteiger partial charge in [0.1, 0.15) is 17.7 Å². The quantitative estimate of drug-likeness (QED) is 0.608. The first-order chi connectivity index (χ1) is 15.7. The number of aromatic nitrogens is 3. The molecule has 0 spiro atoms. The fourth-order valence-corrected chi connectivity index (χ4v) is 3.93. The summed E-state index contributed by atoms with van der Waals surface area (Å²) in [6.07, 6.45) is 1.22. The molecule has 1 aliphatic carbocycles. The normalized spacial score (nSPS) is 20.9. The number of carbonyl (C=O) groups is 1. The fraction of sp³-hybridized carbons (Fsp3) is 0.455. The third-order valence-electron chi connectivity index (χ3n) is 5.93. The van der Waals surface area contributed by atoms with Gasteiger partial charge in [0.05, 0.1) is 30.5 Å². The summed E-state index contributed by atoms with van der Waals surface area (Å²) in [7, 11) is 1.75. The van der Waals surface area contributed by atoms with Crippen molar-refractivity contribution in [2.75, 3.05) is 29.9 Å². The molecule has 2 aromatic rings. The molecule has 1 saturated carbocycles. The first kappa shape index (κ1) is 22.9. The molecular formula is C22H24F4N6O. The van der Waals surface area contributed by atoms with Crippen LogP contribution in [0.2, 0.25) is 0 Å². The summed E-state index contributed by atoms with van der Waals surface area (Å²) in [6.45, 7) is 3.96. The van der Waals surface area contributed by atoms with Crippen LogP contribution in [0.3, 0.4) is 0 Å². The summed E-state index contributed by atoms with van der Waals surface area (Å²) in [5, 5.41) is 0. The maximum Gasteiger partial charge on any atom is 0.417 e. The van der Waals surface area contributed by atoms with Crippen LogP contribution in [-0.4, -0.2) is 64.2 Å². The summed E-state index contributed by atoms with van der Waals surface area (Å²) in [6, 6.07) is 1.49. The van der Waals surface area contributed by atoms with E-state index in [0.717, 1.165) is 25.1 Å². The average Bonchev–Trinajstić information content (AvgIpc) is 3.64. The Morgan fingerprint density at radius 2 is 1.91 bits per heavy atom. The molecule has 0 unspecified atom stereocenters. The van der Waals surface area contributed by atoms with Gasteiger partial charge in [0.15, 0.2) is 5.82 Å². The van der Waals surface area contributed by atoms with E-state index in [2.05, 4.69) is 21.5 Å². The molecule has 3 heterocycles. The van der Waals surface area contributed by atoms with Gasteiger partial charge in [0, 0.05) is 25.8 Å². The van der Waals surface area contributed by atoms with Crippen LogP contribution >= 0.6 is 0 Å². The highest BCUT2D eigenvalue weighted by Crippen LogP contribution is 2.35. The standard InChI is InChI=1S/C22H24F4N6O/c1-3-30(2)20-12-27-17(11-29-20)21(33)32(15-5-6-15)18-8-9-31(13-16(18)23)19-7-4-14(10-28-19)22(24,25)26/h3-4,7,10-12,15-16,18H,1,5-6,8-9,13H2,2H3/t16-,18+/m0/s1. The van der Waals surface area contributed by atoms with Crippen LogP contribution in [0.5, 0.6) is 0 Å². The van der Waals surface area contributed by atoms with E-state index in [1.807, 2.05) is 0 Å². The number of pyridine rings is 1. The Morgan fingerprint density at radius 1 is 1.15 bits per heavy atom. The second-order valence-corrected chi connectivity index (χ2v) is 8.22. The summed E-state index contributed by atoms with van der Waals surface area (Å²) >= 11 is 0. The van der Waals surface area contributed by atoms with Crippen LogP contribution in [0.1, 0.15) is 35.3 Å². The number of alkyl halides is 4. The van der Waals surface area contributed by atoms with Crippen LogP contribution < -0.4 is 9.80 Å². The number of anilines is 2. The highest BCUT2D eigenvalue weighted by Gasteiger charge is 2.44. The van der Waals surface area contributed by atoms with Crippen LogP contribution in [0.4, 0.5) is 29.2 Å². The highest BCUT2D eigenvalue weighted by atomic mass is 19.4. The minimum absolute atomic E-state index is 0.0474. The minimum atomic E-state index is -4.48. The zero-order valence-corrected chi connectivity index (χ0v) is 18.0. The van der Waals surface area contributed by atoms with E-state index in [9.17, 15) is 18.0 Å². The van der Waals surface area contributed by atoms with Crippen LogP contribution in [-0.2, 0) is 6.18 Å². The first-order valence-electron chi connectivity index (χ1n) is 10.6. The molecule has 4 rings (SSSR count). The molecule has 33 heavy (non-hydrogen) atoms. The van der Waals surface area contributed by atoms with E-state index in [1.165, 1.54) is 18.5 Å². The lowest BCUT2D eigenvalue weighted by Crippen LogP contribution is -2.55. The monoisotopic (exact) mass is 464 g/mol. The van der Waals surface area contributed by atoms with Crippen molar-refractivity contribution in [2.45, 2.75) is 43.7 Å². The van der Waals surface area contributed by atoms with Crippen LogP contribution in [0.15, 0.2) is 43.5 Å². The lowest BCUT2D eigenvalue weighted by Gasteiger charge is -2.41. The highest BCUT2D eigenvalue weighted by molar-refractivity contribution is 5.93. The van der Waals surface area contributed by atoms with Gasteiger partial charge < -0.3 is 14.7 Å². The minimum Gasteiger partial charge on any atom is -0.354 e. The number of hydrogen-bond acceptors (Lipinski definition) is 6. The van der Waals surface area contributed by atoms with Crippen molar-refractivity contribution in [1.29, 1.82) is 0 Å². The van der Waals surface area contributed by atoms with Gasteiger partial charge in [-0.3, -0.25) is 4.79 Å². The van der Waals surface area contributed by atoms with E-state index < -0.39 is 24.0 Å². The molecule has 2 aliphatic rings. The van der Waals surface area contributed by atoms with Gasteiger partial charge in [-0.1, -0.05) is 6.58 Å². The van der Waals surface area contributed by atoms with Gasteiger partial charge in [-0.05, 0) is 37.6 Å². The molecule has 11 heteroatoms. The molecule has 1 amide bonds. The Bertz CT molecular complexity index is 993. The summed E-state index contributed by atoms with van der Waals surface area (Å²) in [4.78, 5) is 30.3. The molecule has 0 bridgehead atoms.